The Balaban J connectivity index is 1.35. The lowest BCUT2D eigenvalue weighted by Crippen LogP contribution is -2.34. The highest BCUT2D eigenvalue weighted by molar-refractivity contribution is 7.80. The minimum absolute atomic E-state index is 0.0519. The van der Waals surface area contributed by atoms with E-state index in [1.54, 1.807) is 18.2 Å². The van der Waals surface area contributed by atoms with Crippen LogP contribution in [0.4, 0.5) is 17.1 Å². The molecule has 164 valence electrons. The van der Waals surface area contributed by atoms with Gasteiger partial charge in [-0.15, -0.1) is 0 Å². The van der Waals surface area contributed by atoms with E-state index < -0.39 is 10.8 Å². The fourth-order valence-corrected chi connectivity index (χ4v) is 3.83. The number of hydrogen-bond acceptors (Lipinski definition) is 6. The van der Waals surface area contributed by atoms with Crippen molar-refractivity contribution in [1.29, 1.82) is 0 Å². The van der Waals surface area contributed by atoms with Crippen LogP contribution in [-0.2, 0) is 0 Å². The maximum atomic E-state index is 12.5. The number of carbonyl (C=O) groups excluding carboxylic acids is 1. The lowest BCUT2D eigenvalue weighted by atomic mass is 10.1. The van der Waals surface area contributed by atoms with E-state index in [4.69, 9.17) is 16.6 Å². The topological polar surface area (TPSA) is 101 Å². The molecule has 2 aromatic carbocycles. The number of furan rings is 1. The Hall–Kier alpha value is -3.72. The molecule has 1 aliphatic heterocycles. The van der Waals surface area contributed by atoms with Crippen LogP contribution in [0.2, 0.25) is 0 Å². The molecule has 1 saturated heterocycles. The lowest BCUT2D eigenvalue weighted by molar-refractivity contribution is -0.384. The monoisotopic (exact) mass is 450 g/mol. The summed E-state index contributed by atoms with van der Waals surface area (Å²) in [5, 5.41) is 16.7. The van der Waals surface area contributed by atoms with Crippen LogP contribution in [0.15, 0.2) is 65.1 Å². The molecule has 0 bridgehead atoms. The molecular weight excluding hydrogens is 428 g/mol. The summed E-state index contributed by atoms with van der Waals surface area (Å²) < 4.78 is 5.57. The molecule has 32 heavy (non-hydrogen) atoms. The Kier molecular flexibility index (Phi) is 6.46. The van der Waals surface area contributed by atoms with Gasteiger partial charge in [0.05, 0.1) is 4.92 Å². The second kappa shape index (κ2) is 9.61. The highest BCUT2D eigenvalue weighted by Gasteiger charge is 2.16. The molecule has 0 radical (unpaired) electrons. The highest BCUT2D eigenvalue weighted by atomic mass is 32.1. The number of nitrogens with zero attached hydrogens (tertiary/aromatic N) is 2. The summed E-state index contributed by atoms with van der Waals surface area (Å²) in [6.45, 7) is 2.14. The zero-order chi connectivity index (χ0) is 22.5. The number of thiocarbonyl (C=S) groups is 1. The first-order chi connectivity index (χ1) is 15.5. The van der Waals surface area contributed by atoms with Gasteiger partial charge in [0.25, 0.3) is 11.6 Å². The van der Waals surface area contributed by atoms with Crippen molar-refractivity contribution in [3.8, 4) is 11.3 Å². The predicted molar refractivity (Wildman–Crippen MR) is 127 cm³/mol. The molecule has 0 spiro atoms. The average molecular weight is 451 g/mol. The van der Waals surface area contributed by atoms with Gasteiger partial charge in [-0.1, -0.05) is 12.1 Å². The average Bonchev–Trinajstić information content (AvgIpc) is 3.31. The van der Waals surface area contributed by atoms with Crippen molar-refractivity contribution in [2.45, 2.75) is 19.3 Å². The molecule has 1 fully saturated rings. The Morgan fingerprint density at radius 2 is 1.78 bits per heavy atom. The van der Waals surface area contributed by atoms with Crippen LogP contribution < -0.4 is 15.5 Å². The fraction of sp³-hybridized carbons (Fsp3) is 0.217. The zero-order valence-electron chi connectivity index (χ0n) is 17.2. The normalized spacial score (nSPS) is 13.4. The molecule has 1 amide bonds. The van der Waals surface area contributed by atoms with Gasteiger partial charge in [-0.05, 0) is 67.9 Å². The van der Waals surface area contributed by atoms with Crippen LogP contribution in [-0.4, -0.2) is 29.0 Å². The van der Waals surface area contributed by atoms with E-state index >= 15 is 0 Å². The highest BCUT2D eigenvalue weighted by Crippen LogP contribution is 2.26. The third-order valence-electron chi connectivity index (χ3n) is 5.24. The Labute approximate surface area is 190 Å². The molecular formula is C23H22N4O4S. The summed E-state index contributed by atoms with van der Waals surface area (Å²) in [6, 6.07) is 17.0. The molecule has 0 atom stereocenters. The van der Waals surface area contributed by atoms with Crippen molar-refractivity contribution in [3.63, 3.8) is 0 Å². The number of amides is 1. The lowest BCUT2D eigenvalue weighted by Gasteiger charge is -2.28. The molecule has 0 aliphatic carbocycles. The molecule has 8 nitrogen and oxygen atoms in total. The quantitative estimate of drug-likeness (QED) is 0.321. The number of non-ortho nitro benzene ring substituents is 1. The third kappa shape index (κ3) is 5.12. The molecule has 0 unspecified atom stereocenters. The Morgan fingerprint density at radius 3 is 2.50 bits per heavy atom. The molecule has 2 N–H and O–H groups in total. The number of piperidine rings is 1. The molecule has 0 saturated carbocycles. The molecule has 1 aliphatic rings. The van der Waals surface area contributed by atoms with Crippen LogP contribution in [0.1, 0.15) is 29.8 Å². The zero-order valence-corrected chi connectivity index (χ0v) is 18.1. The second-order valence-electron chi connectivity index (χ2n) is 7.47. The van der Waals surface area contributed by atoms with Crippen LogP contribution in [0.5, 0.6) is 0 Å². The van der Waals surface area contributed by atoms with E-state index in [-0.39, 0.29) is 16.6 Å². The first kappa shape index (κ1) is 21.5. The SMILES string of the molecule is O=C(NC(=S)Nc1ccc(N2CCCCC2)cc1)c1ccc(-c2cccc([N+](=O)[O-])c2)o1. The number of nitro benzene ring substituents is 1. The van der Waals surface area contributed by atoms with Gasteiger partial charge in [0.2, 0.25) is 0 Å². The fourth-order valence-electron chi connectivity index (χ4n) is 3.62. The van der Waals surface area contributed by atoms with Crippen molar-refractivity contribution in [3.05, 3.63) is 76.5 Å². The molecule has 9 heteroatoms. The summed E-state index contributed by atoms with van der Waals surface area (Å²) >= 11 is 5.25. The Bertz CT molecular complexity index is 1140. The van der Waals surface area contributed by atoms with Crippen LogP contribution in [0.25, 0.3) is 11.3 Å². The van der Waals surface area contributed by atoms with Gasteiger partial charge in [-0.25, -0.2) is 0 Å². The number of anilines is 2. The van der Waals surface area contributed by atoms with Crippen molar-refractivity contribution < 1.29 is 14.1 Å². The third-order valence-corrected chi connectivity index (χ3v) is 5.45. The van der Waals surface area contributed by atoms with Gasteiger partial charge < -0.3 is 14.6 Å². The van der Waals surface area contributed by atoms with Gasteiger partial charge in [0.1, 0.15) is 5.76 Å². The Morgan fingerprint density at radius 1 is 1.03 bits per heavy atom. The van der Waals surface area contributed by atoms with Crippen molar-refractivity contribution >= 4 is 40.3 Å². The van der Waals surface area contributed by atoms with E-state index in [1.807, 2.05) is 24.3 Å². The largest absolute Gasteiger partial charge is 0.451 e. The standard InChI is InChI=1S/C23H22N4O4S/c28-22(21-12-11-20(31-21)16-5-4-6-19(15-16)27(29)30)25-23(32)24-17-7-9-18(10-8-17)26-13-2-1-3-14-26/h4-12,15H,1-3,13-14H2,(H2,24,25,28,32). The number of carbonyl (C=O) groups is 1. The predicted octanol–water partition coefficient (Wildman–Crippen LogP) is 4.97. The van der Waals surface area contributed by atoms with Gasteiger partial charge >= 0.3 is 0 Å². The van der Waals surface area contributed by atoms with Crippen molar-refractivity contribution in [2.75, 3.05) is 23.3 Å². The minimum atomic E-state index is -0.510. The molecule has 1 aromatic heterocycles. The van der Waals surface area contributed by atoms with Gasteiger partial charge in [0, 0.05) is 42.2 Å². The van der Waals surface area contributed by atoms with E-state index in [0.717, 1.165) is 18.8 Å². The van der Waals surface area contributed by atoms with E-state index in [2.05, 4.69) is 15.5 Å². The minimum Gasteiger partial charge on any atom is -0.451 e. The summed E-state index contributed by atoms with van der Waals surface area (Å²) in [5.41, 5.74) is 2.40. The summed E-state index contributed by atoms with van der Waals surface area (Å²) in [6.07, 6.45) is 3.71. The molecule has 3 aromatic rings. The van der Waals surface area contributed by atoms with Crippen molar-refractivity contribution in [1.82, 2.24) is 5.32 Å². The number of hydrogen-bond donors (Lipinski definition) is 2. The number of nitrogens with one attached hydrogen (secondary N) is 2. The number of nitro groups is 1. The van der Waals surface area contributed by atoms with Gasteiger partial charge in [-0.2, -0.15) is 0 Å². The van der Waals surface area contributed by atoms with Crippen molar-refractivity contribution in [2.24, 2.45) is 0 Å². The first-order valence-corrected chi connectivity index (χ1v) is 10.7. The van der Waals surface area contributed by atoms with Crippen LogP contribution in [0.3, 0.4) is 0 Å². The summed E-state index contributed by atoms with van der Waals surface area (Å²) in [5.74, 6) is -0.105. The van der Waals surface area contributed by atoms with E-state index in [9.17, 15) is 14.9 Å². The van der Waals surface area contributed by atoms with Crippen LogP contribution >= 0.6 is 12.2 Å². The first-order valence-electron chi connectivity index (χ1n) is 10.3. The van der Waals surface area contributed by atoms with Crippen LogP contribution in [0, 0.1) is 10.1 Å². The maximum absolute atomic E-state index is 12.5. The summed E-state index contributed by atoms with van der Waals surface area (Å²) in [4.78, 5) is 25.3. The number of rotatable bonds is 5. The maximum Gasteiger partial charge on any atom is 0.293 e. The summed E-state index contributed by atoms with van der Waals surface area (Å²) in [7, 11) is 0. The second-order valence-corrected chi connectivity index (χ2v) is 7.88. The molecule has 4 rings (SSSR count). The molecule has 2 heterocycles. The van der Waals surface area contributed by atoms with E-state index in [1.165, 1.54) is 43.1 Å². The smallest absolute Gasteiger partial charge is 0.293 e. The van der Waals surface area contributed by atoms with Gasteiger partial charge in [-0.3, -0.25) is 20.2 Å². The van der Waals surface area contributed by atoms with Gasteiger partial charge in [0.15, 0.2) is 10.9 Å². The number of benzene rings is 2. The van der Waals surface area contributed by atoms with E-state index in [0.29, 0.717) is 11.3 Å².